The minimum absolute atomic E-state index is 0.0129. The summed E-state index contributed by atoms with van der Waals surface area (Å²) < 4.78 is 0. The van der Waals surface area contributed by atoms with Crippen LogP contribution in [0.25, 0.3) is 0 Å². The first-order chi connectivity index (χ1) is 14.7. The average molecular weight is 406 g/mol. The first-order valence-corrected chi connectivity index (χ1v) is 11.1. The highest BCUT2D eigenvalue weighted by atomic mass is 16.2. The molecule has 4 rings (SSSR count). The number of nitrogens with zero attached hydrogens (tertiary/aromatic N) is 2. The van der Waals surface area contributed by atoms with E-state index in [0.29, 0.717) is 6.42 Å². The van der Waals surface area contributed by atoms with Gasteiger partial charge in [-0.1, -0.05) is 42.5 Å². The van der Waals surface area contributed by atoms with Gasteiger partial charge < -0.3 is 10.2 Å². The Balaban J connectivity index is 1.28. The van der Waals surface area contributed by atoms with Crippen LogP contribution in [0.5, 0.6) is 0 Å². The van der Waals surface area contributed by atoms with Crippen molar-refractivity contribution in [3.8, 4) is 0 Å². The van der Waals surface area contributed by atoms with Gasteiger partial charge in [-0.05, 0) is 55.5 Å². The molecule has 0 saturated carbocycles. The van der Waals surface area contributed by atoms with Gasteiger partial charge in [0.05, 0.1) is 12.3 Å². The second-order valence-corrected chi connectivity index (χ2v) is 8.51. The van der Waals surface area contributed by atoms with Crippen LogP contribution in [0.3, 0.4) is 0 Å². The number of likely N-dealkylation sites (tertiary alicyclic amines) is 2. The van der Waals surface area contributed by atoms with E-state index in [9.17, 15) is 9.59 Å². The Hall–Kier alpha value is -2.66. The quantitative estimate of drug-likeness (QED) is 0.797. The van der Waals surface area contributed by atoms with Crippen LogP contribution in [-0.4, -0.2) is 47.8 Å². The molecule has 30 heavy (non-hydrogen) atoms. The summed E-state index contributed by atoms with van der Waals surface area (Å²) in [6, 6.07) is 18.2. The molecule has 0 aromatic heterocycles. The first-order valence-electron chi connectivity index (χ1n) is 11.1. The lowest BCUT2D eigenvalue weighted by molar-refractivity contribution is -0.129. The van der Waals surface area contributed by atoms with Gasteiger partial charge in [0.1, 0.15) is 0 Å². The first kappa shape index (κ1) is 20.6. The number of carbonyl (C=O) groups is 2. The zero-order chi connectivity index (χ0) is 20.8. The number of rotatable bonds is 6. The van der Waals surface area contributed by atoms with Gasteiger partial charge in [0.25, 0.3) is 0 Å². The number of hydrogen-bond acceptors (Lipinski definition) is 3. The van der Waals surface area contributed by atoms with Crippen LogP contribution >= 0.6 is 0 Å². The maximum Gasteiger partial charge on any atom is 0.228 e. The summed E-state index contributed by atoms with van der Waals surface area (Å²) in [7, 11) is 0. The van der Waals surface area contributed by atoms with Gasteiger partial charge in [-0.15, -0.1) is 0 Å². The molecular weight excluding hydrogens is 374 g/mol. The van der Waals surface area contributed by atoms with Crippen LogP contribution in [0.4, 0.5) is 5.69 Å². The summed E-state index contributed by atoms with van der Waals surface area (Å²) in [6.07, 6.45) is 4.63. The maximum absolute atomic E-state index is 12.8. The van der Waals surface area contributed by atoms with Crippen molar-refractivity contribution >= 4 is 17.5 Å². The van der Waals surface area contributed by atoms with Crippen molar-refractivity contribution in [3.63, 3.8) is 0 Å². The number of amides is 2. The predicted octanol–water partition coefficient (Wildman–Crippen LogP) is 3.70. The molecule has 2 aliphatic heterocycles. The molecule has 2 saturated heterocycles. The summed E-state index contributed by atoms with van der Waals surface area (Å²) in [5.74, 6) is 0.303. The van der Waals surface area contributed by atoms with Crippen LogP contribution in [0, 0.1) is 5.92 Å². The van der Waals surface area contributed by atoms with Crippen LogP contribution in [-0.2, 0) is 22.6 Å². The summed E-state index contributed by atoms with van der Waals surface area (Å²) >= 11 is 0. The van der Waals surface area contributed by atoms with Gasteiger partial charge in [0.15, 0.2) is 0 Å². The molecule has 5 nitrogen and oxygen atoms in total. The molecule has 1 N–H and O–H groups in total. The molecule has 0 spiro atoms. The second-order valence-electron chi connectivity index (χ2n) is 8.51. The SMILES string of the molecule is O=C(Nc1ccc(CC(=O)N2CCCC2)cc1)[C@H]1CCCN(Cc2ccccc2)C1. The zero-order valence-electron chi connectivity index (χ0n) is 17.6. The fourth-order valence-corrected chi connectivity index (χ4v) is 4.46. The highest BCUT2D eigenvalue weighted by molar-refractivity contribution is 5.92. The summed E-state index contributed by atoms with van der Waals surface area (Å²) in [5, 5.41) is 3.07. The molecule has 0 aliphatic carbocycles. The van der Waals surface area contributed by atoms with Crippen molar-refractivity contribution in [2.75, 3.05) is 31.5 Å². The van der Waals surface area contributed by atoms with E-state index >= 15 is 0 Å². The van der Waals surface area contributed by atoms with Gasteiger partial charge in [0.2, 0.25) is 11.8 Å². The monoisotopic (exact) mass is 405 g/mol. The van der Waals surface area contributed by atoms with E-state index in [1.807, 2.05) is 35.2 Å². The molecule has 2 aromatic rings. The van der Waals surface area contributed by atoms with E-state index in [1.165, 1.54) is 5.56 Å². The number of benzene rings is 2. The molecule has 2 aliphatic rings. The third-order valence-electron chi connectivity index (χ3n) is 6.16. The number of nitrogens with one attached hydrogen (secondary N) is 1. The summed E-state index contributed by atoms with van der Waals surface area (Å²) in [6.45, 7) is 4.50. The largest absolute Gasteiger partial charge is 0.342 e. The van der Waals surface area contributed by atoms with E-state index < -0.39 is 0 Å². The van der Waals surface area contributed by atoms with Crippen LogP contribution in [0.1, 0.15) is 36.8 Å². The molecule has 0 bridgehead atoms. The Bertz CT molecular complexity index is 844. The fraction of sp³-hybridized carbons (Fsp3) is 0.440. The molecule has 5 heteroatoms. The van der Waals surface area contributed by atoms with Gasteiger partial charge in [0, 0.05) is 31.9 Å². The summed E-state index contributed by atoms with van der Waals surface area (Å²) in [4.78, 5) is 29.4. The number of carbonyl (C=O) groups excluding carboxylic acids is 2. The lowest BCUT2D eigenvalue weighted by Crippen LogP contribution is -2.40. The Labute approximate surface area is 179 Å². The smallest absolute Gasteiger partial charge is 0.228 e. The topological polar surface area (TPSA) is 52.7 Å². The Kier molecular flexibility index (Phi) is 6.80. The van der Waals surface area contributed by atoms with Crippen molar-refractivity contribution in [1.29, 1.82) is 0 Å². The second kappa shape index (κ2) is 9.90. The van der Waals surface area contributed by atoms with Crippen molar-refractivity contribution in [2.45, 2.75) is 38.6 Å². The molecule has 158 valence electrons. The summed E-state index contributed by atoms with van der Waals surface area (Å²) in [5.41, 5.74) is 3.09. The maximum atomic E-state index is 12.8. The van der Waals surface area contributed by atoms with Gasteiger partial charge in [-0.25, -0.2) is 0 Å². The van der Waals surface area contributed by atoms with Crippen LogP contribution in [0.15, 0.2) is 54.6 Å². The number of piperidine rings is 1. The lowest BCUT2D eigenvalue weighted by atomic mass is 9.96. The minimum atomic E-state index is 0.0129. The molecule has 0 radical (unpaired) electrons. The van der Waals surface area contributed by atoms with Gasteiger partial charge in [-0.2, -0.15) is 0 Å². The molecular formula is C25H31N3O2. The highest BCUT2D eigenvalue weighted by Crippen LogP contribution is 2.21. The van der Waals surface area contributed by atoms with Crippen molar-refractivity contribution in [3.05, 3.63) is 65.7 Å². The van der Waals surface area contributed by atoms with E-state index in [1.54, 1.807) is 0 Å². The van der Waals surface area contributed by atoms with Gasteiger partial charge in [-0.3, -0.25) is 14.5 Å². The normalized spacial score (nSPS) is 19.6. The molecule has 2 heterocycles. The van der Waals surface area contributed by atoms with Crippen LogP contribution in [0.2, 0.25) is 0 Å². The molecule has 0 unspecified atom stereocenters. The standard InChI is InChI=1S/C25H31N3O2/c29-24(28-15-4-5-16-28)17-20-10-12-23(13-11-20)26-25(30)22-9-6-14-27(19-22)18-21-7-2-1-3-8-21/h1-3,7-8,10-13,22H,4-6,9,14-19H2,(H,26,30)/t22-/m0/s1. The molecule has 2 aromatic carbocycles. The van der Waals surface area contributed by atoms with E-state index in [-0.39, 0.29) is 17.7 Å². The molecule has 1 atom stereocenters. The Morgan fingerprint density at radius 2 is 1.60 bits per heavy atom. The molecule has 2 fully saturated rings. The third kappa shape index (κ3) is 5.48. The van der Waals surface area contributed by atoms with E-state index in [4.69, 9.17) is 0 Å². The zero-order valence-corrected chi connectivity index (χ0v) is 17.6. The van der Waals surface area contributed by atoms with Gasteiger partial charge >= 0.3 is 0 Å². The highest BCUT2D eigenvalue weighted by Gasteiger charge is 2.26. The lowest BCUT2D eigenvalue weighted by Gasteiger charge is -2.32. The fourth-order valence-electron chi connectivity index (χ4n) is 4.46. The van der Waals surface area contributed by atoms with Crippen molar-refractivity contribution in [2.24, 2.45) is 5.92 Å². The predicted molar refractivity (Wildman–Crippen MR) is 119 cm³/mol. The minimum Gasteiger partial charge on any atom is -0.342 e. The number of hydrogen-bond donors (Lipinski definition) is 1. The number of anilines is 1. The van der Waals surface area contributed by atoms with Crippen LogP contribution < -0.4 is 5.32 Å². The van der Waals surface area contributed by atoms with E-state index in [2.05, 4.69) is 34.5 Å². The average Bonchev–Trinajstić information content (AvgIpc) is 3.31. The van der Waals surface area contributed by atoms with E-state index in [0.717, 1.165) is 69.7 Å². The Morgan fingerprint density at radius 1 is 0.867 bits per heavy atom. The van der Waals surface area contributed by atoms with Crippen molar-refractivity contribution < 1.29 is 9.59 Å². The molecule has 2 amide bonds. The Morgan fingerprint density at radius 3 is 2.33 bits per heavy atom. The van der Waals surface area contributed by atoms with Crippen molar-refractivity contribution in [1.82, 2.24) is 9.80 Å². The third-order valence-corrected chi connectivity index (χ3v) is 6.16.